The van der Waals surface area contributed by atoms with Gasteiger partial charge >= 0.3 is 0 Å². The minimum atomic E-state index is -1.15. The first kappa shape index (κ1) is 16.1. The summed E-state index contributed by atoms with van der Waals surface area (Å²) >= 11 is 0. The van der Waals surface area contributed by atoms with Gasteiger partial charge in [-0.2, -0.15) is 0 Å². The van der Waals surface area contributed by atoms with Gasteiger partial charge in [0.05, 0.1) is 6.10 Å². The molecule has 22 heavy (non-hydrogen) atoms. The standard InChI is InChI=1S/C17H17F2NO2/c1-10-7-12(8-11(2)16(10)19)17(22)20-9-15(21)13-5-3-4-6-14(13)18/h3-8,15,21H,9H2,1-2H3,(H,20,22). The number of nitrogens with one attached hydrogen (secondary N) is 1. The molecule has 0 spiro atoms. The van der Waals surface area contributed by atoms with Crippen LogP contribution in [0.3, 0.4) is 0 Å². The lowest BCUT2D eigenvalue weighted by atomic mass is 10.1. The van der Waals surface area contributed by atoms with Gasteiger partial charge in [-0.15, -0.1) is 0 Å². The highest BCUT2D eigenvalue weighted by atomic mass is 19.1. The van der Waals surface area contributed by atoms with Crippen molar-refractivity contribution in [1.82, 2.24) is 5.32 Å². The van der Waals surface area contributed by atoms with Crippen LogP contribution in [-0.2, 0) is 0 Å². The Kier molecular flexibility index (Phi) is 4.88. The van der Waals surface area contributed by atoms with E-state index >= 15 is 0 Å². The van der Waals surface area contributed by atoms with Crippen LogP contribution in [-0.4, -0.2) is 17.6 Å². The Morgan fingerprint density at radius 1 is 1.18 bits per heavy atom. The molecule has 0 aliphatic carbocycles. The lowest BCUT2D eigenvalue weighted by molar-refractivity contribution is 0.0914. The van der Waals surface area contributed by atoms with Gasteiger partial charge < -0.3 is 10.4 Å². The van der Waals surface area contributed by atoms with Gasteiger partial charge in [0, 0.05) is 17.7 Å². The van der Waals surface area contributed by atoms with Gasteiger partial charge in [-0.1, -0.05) is 18.2 Å². The zero-order chi connectivity index (χ0) is 16.3. The van der Waals surface area contributed by atoms with Crippen molar-refractivity contribution in [1.29, 1.82) is 0 Å². The number of halogens is 2. The number of aliphatic hydroxyl groups is 1. The topological polar surface area (TPSA) is 49.3 Å². The van der Waals surface area contributed by atoms with E-state index < -0.39 is 17.8 Å². The molecule has 2 N–H and O–H groups in total. The van der Waals surface area contributed by atoms with Gasteiger partial charge in [-0.25, -0.2) is 8.78 Å². The summed E-state index contributed by atoms with van der Waals surface area (Å²) in [6, 6.07) is 8.70. The lowest BCUT2D eigenvalue weighted by Crippen LogP contribution is -2.29. The highest BCUT2D eigenvalue weighted by Gasteiger charge is 2.15. The first-order valence-electron chi connectivity index (χ1n) is 6.87. The van der Waals surface area contributed by atoms with E-state index in [2.05, 4.69) is 5.32 Å². The van der Waals surface area contributed by atoms with E-state index in [1.807, 2.05) is 0 Å². The van der Waals surface area contributed by atoms with Crippen molar-refractivity contribution in [3.8, 4) is 0 Å². The van der Waals surface area contributed by atoms with Crippen molar-refractivity contribution in [2.24, 2.45) is 0 Å². The van der Waals surface area contributed by atoms with Crippen LogP contribution >= 0.6 is 0 Å². The third-order valence-electron chi connectivity index (χ3n) is 3.42. The molecule has 0 radical (unpaired) electrons. The van der Waals surface area contributed by atoms with Crippen LogP contribution in [0.25, 0.3) is 0 Å². The molecule has 1 amide bonds. The molecule has 5 heteroatoms. The van der Waals surface area contributed by atoms with Crippen LogP contribution in [0.1, 0.15) is 33.2 Å². The average molecular weight is 305 g/mol. The monoisotopic (exact) mass is 305 g/mol. The molecule has 0 heterocycles. The molecule has 1 atom stereocenters. The van der Waals surface area contributed by atoms with Crippen molar-refractivity contribution in [3.63, 3.8) is 0 Å². The molecule has 0 saturated heterocycles. The molecule has 0 bridgehead atoms. The molecule has 0 aromatic heterocycles. The Balaban J connectivity index is 2.06. The summed E-state index contributed by atoms with van der Waals surface area (Å²) in [5, 5.41) is 12.5. The summed E-state index contributed by atoms with van der Waals surface area (Å²) in [5.41, 5.74) is 1.17. The Bertz CT molecular complexity index is 678. The van der Waals surface area contributed by atoms with Crippen molar-refractivity contribution < 1.29 is 18.7 Å². The second-order valence-electron chi connectivity index (χ2n) is 5.17. The van der Waals surface area contributed by atoms with Gasteiger partial charge in [0.25, 0.3) is 5.91 Å². The van der Waals surface area contributed by atoms with Crippen LogP contribution in [0, 0.1) is 25.5 Å². The van der Waals surface area contributed by atoms with Crippen LogP contribution in [0.2, 0.25) is 0 Å². The first-order valence-corrected chi connectivity index (χ1v) is 6.87. The van der Waals surface area contributed by atoms with Gasteiger partial charge in [0.2, 0.25) is 0 Å². The molecule has 0 aliphatic heterocycles. The minimum absolute atomic E-state index is 0.120. The number of benzene rings is 2. The van der Waals surface area contributed by atoms with E-state index in [-0.39, 0.29) is 17.9 Å². The fourth-order valence-electron chi connectivity index (χ4n) is 2.22. The van der Waals surface area contributed by atoms with Crippen molar-refractivity contribution in [2.75, 3.05) is 6.54 Å². The number of amides is 1. The minimum Gasteiger partial charge on any atom is -0.386 e. The smallest absolute Gasteiger partial charge is 0.251 e. The zero-order valence-electron chi connectivity index (χ0n) is 12.4. The molecule has 2 aromatic carbocycles. The van der Waals surface area contributed by atoms with Gasteiger partial charge in [-0.3, -0.25) is 4.79 Å². The van der Waals surface area contributed by atoms with Crippen LogP contribution in [0.15, 0.2) is 36.4 Å². The summed E-state index contributed by atoms with van der Waals surface area (Å²) in [5.74, 6) is -1.32. The second kappa shape index (κ2) is 6.66. The number of rotatable bonds is 4. The summed E-state index contributed by atoms with van der Waals surface area (Å²) in [4.78, 5) is 12.0. The molecule has 0 saturated carbocycles. The molecule has 116 valence electrons. The van der Waals surface area contributed by atoms with Gasteiger partial charge in [0.1, 0.15) is 11.6 Å². The summed E-state index contributed by atoms with van der Waals surface area (Å²) in [6.07, 6.45) is -1.15. The third kappa shape index (κ3) is 3.49. The molecular weight excluding hydrogens is 288 g/mol. The molecule has 2 rings (SSSR count). The van der Waals surface area contributed by atoms with Crippen molar-refractivity contribution in [2.45, 2.75) is 20.0 Å². The maximum atomic E-state index is 13.5. The average Bonchev–Trinajstić information content (AvgIpc) is 2.49. The second-order valence-corrected chi connectivity index (χ2v) is 5.17. The maximum absolute atomic E-state index is 13.5. The number of aryl methyl sites for hydroxylation is 2. The fourth-order valence-corrected chi connectivity index (χ4v) is 2.22. The summed E-state index contributed by atoms with van der Waals surface area (Å²) in [7, 11) is 0. The van der Waals surface area contributed by atoms with Gasteiger partial charge in [0.15, 0.2) is 0 Å². The predicted octanol–water partition coefficient (Wildman–Crippen LogP) is 3.05. The number of aliphatic hydroxyl groups excluding tert-OH is 1. The SMILES string of the molecule is Cc1cc(C(=O)NCC(O)c2ccccc2F)cc(C)c1F. The van der Waals surface area contributed by atoms with E-state index in [0.29, 0.717) is 16.7 Å². The third-order valence-corrected chi connectivity index (χ3v) is 3.42. The Morgan fingerprint density at radius 2 is 1.77 bits per heavy atom. The van der Waals surface area contributed by atoms with Crippen LogP contribution < -0.4 is 5.32 Å². The zero-order valence-corrected chi connectivity index (χ0v) is 12.4. The maximum Gasteiger partial charge on any atom is 0.251 e. The largest absolute Gasteiger partial charge is 0.386 e. The Labute approximate surface area is 127 Å². The van der Waals surface area contributed by atoms with Gasteiger partial charge in [-0.05, 0) is 43.2 Å². The van der Waals surface area contributed by atoms with Crippen molar-refractivity contribution >= 4 is 5.91 Å². The number of carbonyl (C=O) groups excluding carboxylic acids is 1. The normalized spacial score (nSPS) is 12.0. The Morgan fingerprint density at radius 3 is 2.36 bits per heavy atom. The lowest BCUT2D eigenvalue weighted by Gasteiger charge is -2.13. The van der Waals surface area contributed by atoms with Crippen LogP contribution in [0.4, 0.5) is 8.78 Å². The van der Waals surface area contributed by atoms with E-state index in [1.165, 1.54) is 30.3 Å². The fraction of sp³-hybridized carbons (Fsp3) is 0.235. The predicted molar refractivity (Wildman–Crippen MR) is 79.6 cm³/mol. The van der Waals surface area contributed by atoms with E-state index in [9.17, 15) is 18.7 Å². The number of carbonyl (C=O) groups is 1. The highest BCUT2D eigenvalue weighted by molar-refractivity contribution is 5.94. The summed E-state index contributed by atoms with van der Waals surface area (Å²) in [6.45, 7) is 3.02. The molecule has 0 fully saturated rings. The van der Waals surface area contributed by atoms with E-state index in [0.717, 1.165) is 0 Å². The van der Waals surface area contributed by atoms with E-state index in [4.69, 9.17) is 0 Å². The Hall–Kier alpha value is -2.27. The molecule has 0 aliphatic rings. The molecular formula is C17H17F2NO2. The quantitative estimate of drug-likeness (QED) is 0.912. The summed E-state index contributed by atoms with van der Waals surface area (Å²) < 4.78 is 27.1. The molecule has 2 aromatic rings. The first-order chi connectivity index (χ1) is 10.4. The number of hydrogen-bond acceptors (Lipinski definition) is 2. The molecule has 1 unspecified atom stereocenters. The highest BCUT2D eigenvalue weighted by Crippen LogP contribution is 2.17. The van der Waals surface area contributed by atoms with E-state index in [1.54, 1.807) is 19.9 Å². The van der Waals surface area contributed by atoms with Crippen molar-refractivity contribution in [3.05, 3.63) is 70.3 Å². The number of hydrogen-bond donors (Lipinski definition) is 2. The molecule has 3 nitrogen and oxygen atoms in total. The van der Waals surface area contributed by atoms with Crippen LogP contribution in [0.5, 0.6) is 0 Å².